The van der Waals surface area contributed by atoms with Crippen molar-refractivity contribution in [2.24, 2.45) is 0 Å². The zero-order valence-electron chi connectivity index (χ0n) is 11.3. The highest BCUT2D eigenvalue weighted by atomic mass is 16.5. The minimum absolute atomic E-state index is 0.154. The van der Waals surface area contributed by atoms with E-state index >= 15 is 0 Å². The molecule has 0 spiro atoms. The van der Waals surface area contributed by atoms with Crippen molar-refractivity contribution in [2.45, 2.75) is 5.54 Å². The van der Waals surface area contributed by atoms with E-state index in [1.54, 1.807) is 24.3 Å². The predicted molar refractivity (Wildman–Crippen MR) is 73.6 cm³/mol. The maximum absolute atomic E-state index is 11.7. The van der Waals surface area contributed by atoms with Crippen LogP contribution in [0, 0.1) is 0 Å². The molecule has 0 saturated carbocycles. The fraction of sp³-hybridized carbons (Fsp3) is 0.462. The molecule has 0 aliphatic carbocycles. The second-order valence-electron chi connectivity index (χ2n) is 4.39. The number of anilines is 1. The highest BCUT2D eigenvalue weighted by Gasteiger charge is 2.27. The number of hydrogen-bond donors (Lipinski definition) is 5. The van der Waals surface area contributed by atoms with Gasteiger partial charge in [-0.05, 0) is 12.1 Å². The SMILES string of the molecule is COc1cccc(NC(=O)CNC(CO)(CO)CO)c1. The van der Waals surface area contributed by atoms with Gasteiger partial charge in [-0.2, -0.15) is 0 Å². The zero-order chi connectivity index (χ0) is 15.0. The van der Waals surface area contributed by atoms with Crippen LogP contribution in [-0.4, -0.2) is 60.2 Å². The molecule has 1 aromatic rings. The van der Waals surface area contributed by atoms with Gasteiger partial charge in [-0.25, -0.2) is 0 Å². The molecule has 0 bridgehead atoms. The Balaban J connectivity index is 2.55. The van der Waals surface area contributed by atoms with Gasteiger partial charge < -0.3 is 25.4 Å². The summed E-state index contributed by atoms with van der Waals surface area (Å²) in [4.78, 5) is 11.7. The zero-order valence-corrected chi connectivity index (χ0v) is 11.3. The number of methoxy groups -OCH3 is 1. The lowest BCUT2D eigenvalue weighted by Gasteiger charge is -2.28. The summed E-state index contributed by atoms with van der Waals surface area (Å²) < 4.78 is 5.04. The van der Waals surface area contributed by atoms with E-state index in [9.17, 15) is 4.79 Å². The van der Waals surface area contributed by atoms with Crippen molar-refractivity contribution >= 4 is 11.6 Å². The molecule has 0 aliphatic heterocycles. The number of amides is 1. The molecule has 0 aliphatic rings. The molecule has 5 N–H and O–H groups in total. The minimum Gasteiger partial charge on any atom is -0.497 e. The van der Waals surface area contributed by atoms with Crippen LogP contribution in [0.2, 0.25) is 0 Å². The average Bonchev–Trinajstić information content (AvgIpc) is 2.49. The van der Waals surface area contributed by atoms with Crippen LogP contribution in [0.4, 0.5) is 5.69 Å². The summed E-state index contributed by atoms with van der Waals surface area (Å²) in [6.45, 7) is -1.59. The van der Waals surface area contributed by atoms with E-state index in [-0.39, 0.29) is 12.5 Å². The van der Waals surface area contributed by atoms with Crippen LogP contribution in [0.1, 0.15) is 0 Å². The van der Waals surface area contributed by atoms with Gasteiger partial charge in [0.05, 0.1) is 39.0 Å². The maximum Gasteiger partial charge on any atom is 0.238 e. The van der Waals surface area contributed by atoms with Gasteiger partial charge in [0, 0.05) is 11.8 Å². The molecule has 0 saturated heterocycles. The molecule has 20 heavy (non-hydrogen) atoms. The summed E-state index contributed by atoms with van der Waals surface area (Å²) in [5, 5.41) is 32.6. The van der Waals surface area contributed by atoms with Crippen molar-refractivity contribution in [3.8, 4) is 5.75 Å². The average molecular weight is 284 g/mol. The Morgan fingerprint density at radius 2 is 1.90 bits per heavy atom. The van der Waals surface area contributed by atoms with E-state index in [4.69, 9.17) is 20.1 Å². The molecule has 7 nitrogen and oxygen atoms in total. The van der Waals surface area contributed by atoms with Gasteiger partial charge in [-0.3, -0.25) is 10.1 Å². The Bertz CT molecular complexity index is 426. The molecule has 1 amide bonds. The number of nitrogens with one attached hydrogen (secondary N) is 2. The summed E-state index contributed by atoms with van der Waals surface area (Å²) in [5.41, 5.74) is -0.704. The molecule has 0 aromatic heterocycles. The third-order valence-electron chi connectivity index (χ3n) is 2.89. The molecular weight excluding hydrogens is 264 g/mol. The van der Waals surface area contributed by atoms with Crippen molar-refractivity contribution in [1.82, 2.24) is 5.32 Å². The third kappa shape index (κ3) is 4.46. The van der Waals surface area contributed by atoms with Crippen LogP contribution in [0.15, 0.2) is 24.3 Å². The topological polar surface area (TPSA) is 111 Å². The third-order valence-corrected chi connectivity index (χ3v) is 2.89. The van der Waals surface area contributed by atoms with Crippen molar-refractivity contribution < 1.29 is 24.9 Å². The van der Waals surface area contributed by atoms with E-state index in [0.29, 0.717) is 11.4 Å². The summed E-state index contributed by atoms with van der Waals surface area (Å²) in [6.07, 6.45) is 0. The van der Waals surface area contributed by atoms with Crippen molar-refractivity contribution in [3.63, 3.8) is 0 Å². The Morgan fingerprint density at radius 1 is 1.25 bits per heavy atom. The smallest absolute Gasteiger partial charge is 0.238 e. The van der Waals surface area contributed by atoms with E-state index < -0.39 is 25.4 Å². The fourth-order valence-electron chi connectivity index (χ4n) is 1.49. The lowest BCUT2D eigenvalue weighted by atomic mass is 10.0. The summed E-state index contributed by atoms with van der Waals surface area (Å²) in [6, 6.07) is 6.86. The van der Waals surface area contributed by atoms with Gasteiger partial charge in [0.2, 0.25) is 5.91 Å². The van der Waals surface area contributed by atoms with Crippen molar-refractivity contribution in [1.29, 1.82) is 0 Å². The highest BCUT2D eigenvalue weighted by molar-refractivity contribution is 5.92. The van der Waals surface area contributed by atoms with Gasteiger partial charge in [-0.15, -0.1) is 0 Å². The van der Waals surface area contributed by atoms with E-state index in [1.807, 2.05) is 0 Å². The first-order chi connectivity index (χ1) is 9.59. The molecule has 0 unspecified atom stereocenters. The van der Waals surface area contributed by atoms with Crippen LogP contribution >= 0.6 is 0 Å². The molecule has 0 heterocycles. The second-order valence-corrected chi connectivity index (χ2v) is 4.39. The number of aliphatic hydroxyl groups is 3. The van der Waals surface area contributed by atoms with E-state index in [0.717, 1.165) is 0 Å². The van der Waals surface area contributed by atoms with Crippen molar-refractivity contribution in [3.05, 3.63) is 24.3 Å². The monoisotopic (exact) mass is 284 g/mol. The van der Waals surface area contributed by atoms with Gasteiger partial charge >= 0.3 is 0 Å². The molecule has 0 atom stereocenters. The highest BCUT2D eigenvalue weighted by Crippen LogP contribution is 2.16. The van der Waals surface area contributed by atoms with Gasteiger partial charge in [0.25, 0.3) is 0 Å². The Hall–Kier alpha value is -1.67. The number of benzene rings is 1. The fourth-order valence-corrected chi connectivity index (χ4v) is 1.49. The normalized spacial score (nSPS) is 11.2. The molecule has 0 fully saturated rings. The molecule has 1 aromatic carbocycles. The molecule has 7 heteroatoms. The van der Waals surface area contributed by atoms with Crippen LogP contribution in [0.3, 0.4) is 0 Å². The first kappa shape index (κ1) is 16.4. The van der Waals surface area contributed by atoms with Crippen LogP contribution < -0.4 is 15.4 Å². The number of carbonyl (C=O) groups is 1. The van der Waals surface area contributed by atoms with Gasteiger partial charge in [-0.1, -0.05) is 6.07 Å². The number of hydrogen-bond acceptors (Lipinski definition) is 6. The van der Waals surface area contributed by atoms with Crippen LogP contribution in [-0.2, 0) is 4.79 Å². The van der Waals surface area contributed by atoms with Gasteiger partial charge in [0.1, 0.15) is 5.75 Å². The van der Waals surface area contributed by atoms with Gasteiger partial charge in [0.15, 0.2) is 0 Å². The Labute approximate surface area is 117 Å². The second kappa shape index (κ2) is 7.81. The van der Waals surface area contributed by atoms with Crippen molar-refractivity contribution in [2.75, 3.05) is 38.8 Å². The molecule has 1 rings (SSSR count). The largest absolute Gasteiger partial charge is 0.497 e. The number of rotatable bonds is 8. The lowest BCUT2D eigenvalue weighted by Crippen LogP contribution is -2.56. The number of ether oxygens (including phenoxy) is 1. The first-order valence-electron chi connectivity index (χ1n) is 6.10. The van der Waals surface area contributed by atoms with Crippen LogP contribution in [0.25, 0.3) is 0 Å². The predicted octanol–water partition coefficient (Wildman–Crippen LogP) is -1.06. The van der Waals surface area contributed by atoms with E-state index in [2.05, 4.69) is 10.6 Å². The summed E-state index contributed by atoms with van der Waals surface area (Å²) in [7, 11) is 1.53. The molecular formula is C13H20N2O5. The molecule has 0 radical (unpaired) electrons. The van der Waals surface area contributed by atoms with E-state index in [1.165, 1.54) is 7.11 Å². The minimum atomic E-state index is -1.27. The summed E-state index contributed by atoms with van der Waals surface area (Å²) >= 11 is 0. The van der Waals surface area contributed by atoms with Crippen LogP contribution in [0.5, 0.6) is 5.75 Å². The standard InChI is InChI=1S/C13H20N2O5/c1-20-11-4-2-3-10(5-11)15-12(19)6-14-13(7-16,8-17)9-18/h2-5,14,16-18H,6-9H2,1H3,(H,15,19). The molecule has 112 valence electrons. The lowest BCUT2D eigenvalue weighted by molar-refractivity contribution is -0.116. The first-order valence-corrected chi connectivity index (χ1v) is 6.10. The Morgan fingerprint density at radius 3 is 2.45 bits per heavy atom. The summed E-state index contributed by atoms with van der Waals surface area (Å²) in [5.74, 6) is 0.254. The number of carbonyl (C=O) groups excluding carboxylic acids is 1. The quantitative estimate of drug-likeness (QED) is 0.416. The Kier molecular flexibility index (Phi) is 6.40. The number of aliphatic hydroxyl groups excluding tert-OH is 3. The maximum atomic E-state index is 11.7.